The molecule has 0 radical (unpaired) electrons. The SMILES string of the molecule is C[C@H](NC(=O)/C=C/c1ccc(C(C)(C)C)cc1)c1ccc2c(c1)CCCC2. The Morgan fingerprint density at radius 3 is 2.33 bits per heavy atom. The summed E-state index contributed by atoms with van der Waals surface area (Å²) in [6.07, 6.45) is 8.41. The van der Waals surface area contributed by atoms with E-state index in [0.717, 1.165) is 12.0 Å². The van der Waals surface area contributed by atoms with E-state index in [2.05, 4.69) is 75.5 Å². The molecule has 0 bridgehead atoms. The van der Waals surface area contributed by atoms with Gasteiger partial charge in [-0.2, -0.15) is 0 Å². The van der Waals surface area contributed by atoms with Gasteiger partial charge in [-0.15, -0.1) is 0 Å². The molecule has 1 aliphatic rings. The van der Waals surface area contributed by atoms with Crippen LogP contribution in [0.15, 0.2) is 48.5 Å². The highest BCUT2D eigenvalue weighted by molar-refractivity contribution is 5.92. The summed E-state index contributed by atoms with van der Waals surface area (Å²) in [4.78, 5) is 12.3. The van der Waals surface area contributed by atoms with Crippen LogP contribution in [-0.4, -0.2) is 5.91 Å². The smallest absolute Gasteiger partial charge is 0.244 e. The molecule has 142 valence electrons. The Hall–Kier alpha value is -2.35. The molecule has 0 aromatic heterocycles. The van der Waals surface area contributed by atoms with Crippen molar-refractivity contribution in [2.75, 3.05) is 0 Å². The molecule has 3 rings (SSSR count). The van der Waals surface area contributed by atoms with Gasteiger partial charge < -0.3 is 5.32 Å². The molecular weight excluding hydrogens is 330 g/mol. The molecule has 0 spiro atoms. The summed E-state index contributed by atoms with van der Waals surface area (Å²) in [6.45, 7) is 8.66. The Morgan fingerprint density at radius 2 is 1.67 bits per heavy atom. The predicted octanol–water partition coefficient (Wildman–Crippen LogP) is 5.75. The van der Waals surface area contributed by atoms with Crippen LogP contribution < -0.4 is 5.32 Å². The van der Waals surface area contributed by atoms with Crippen LogP contribution in [0.2, 0.25) is 0 Å². The van der Waals surface area contributed by atoms with Crippen molar-refractivity contribution in [1.29, 1.82) is 0 Å². The van der Waals surface area contributed by atoms with E-state index in [1.165, 1.54) is 41.5 Å². The van der Waals surface area contributed by atoms with E-state index in [9.17, 15) is 4.79 Å². The molecule has 0 heterocycles. The molecule has 2 aromatic rings. The van der Waals surface area contributed by atoms with Crippen molar-refractivity contribution in [1.82, 2.24) is 5.32 Å². The van der Waals surface area contributed by atoms with Gasteiger partial charge in [-0.1, -0.05) is 63.2 Å². The minimum Gasteiger partial charge on any atom is -0.346 e. The van der Waals surface area contributed by atoms with Crippen LogP contribution in [0.4, 0.5) is 0 Å². The molecule has 2 aromatic carbocycles. The lowest BCUT2D eigenvalue weighted by molar-refractivity contribution is -0.117. The average Bonchev–Trinajstić information content (AvgIpc) is 2.65. The van der Waals surface area contributed by atoms with Crippen molar-refractivity contribution in [3.8, 4) is 0 Å². The molecular formula is C25H31NO. The number of fused-ring (bicyclic) bond motifs is 1. The van der Waals surface area contributed by atoms with Gasteiger partial charge in [-0.25, -0.2) is 0 Å². The first kappa shape index (κ1) is 19.4. The summed E-state index contributed by atoms with van der Waals surface area (Å²) < 4.78 is 0. The highest BCUT2D eigenvalue weighted by atomic mass is 16.1. The first-order chi connectivity index (χ1) is 12.8. The van der Waals surface area contributed by atoms with E-state index in [-0.39, 0.29) is 17.4 Å². The van der Waals surface area contributed by atoms with Crippen molar-refractivity contribution in [2.24, 2.45) is 0 Å². The topological polar surface area (TPSA) is 29.1 Å². The second kappa shape index (κ2) is 8.12. The Morgan fingerprint density at radius 1 is 1.00 bits per heavy atom. The highest BCUT2D eigenvalue weighted by Gasteiger charge is 2.14. The number of rotatable bonds is 4. The first-order valence-electron chi connectivity index (χ1n) is 10.0. The van der Waals surface area contributed by atoms with Crippen LogP contribution in [0.25, 0.3) is 6.08 Å². The van der Waals surface area contributed by atoms with Gasteiger partial charge in [-0.3, -0.25) is 4.79 Å². The summed E-state index contributed by atoms with van der Waals surface area (Å²) in [5.41, 5.74) is 6.59. The third-order valence-electron chi connectivity index (χ3n) is 5.44. The van der Waals surface area contributed by atoms with Crippen molar-refractivity contribution in [3.05, 3.63) is 76.4 Å². The van der Waals surface area contributed by atoms with E-state index < -0.39 is 0 Å². The summed E-state index contributed by atoms with van der Waals surface area (Å²) in [5, 5.41) is 3.08. The quantitative estimate of drug-likeness (QED) is 0.690. The average molecular weight is 362 g/mol. The van der Waals surface area contributed by atoms with E-state index in [0.29, 0.717) is 0 Å². The Bertz CT molecular complexity index is 824. The molecule has 0 saturated heterocycles. The zero-order chi connectivity index (χ0) is 19.4. The number of carbonyl (C=O) groups excluding carboxylic acids is 1. The van der Waals surface area contributed by atoms with Crippen molar-refractivity contribution in [3.63, 3.8) is 0 Å². The fraction of sp³-hybridized carbons (Fsp3) is 0.400. The van der Waals surface area contributed by atoms with E-state index >= 15 is 0 Å². The number of benzene rings is 2. The standard InChI is InChI=1S/C25H31NO/c1-18(21-13-12-20-7-5-6-8-22(20)17-21)26-24(27)16-11-19-9-14-23(15-10-19)25(2,3)4/h9-18H,5-8H2,1-4H3,(H,26,27)/b16-11+/t18-/m0/s1. The number of amides is 1. The molecule has 1 amide bonds. The largest absolute Gasteiger partial charge is 0.346 e. The minimum atomic E-state index is -0.0554. The van der Waals surface area contributed by atoms with Crippen molar-refractivity contribution >= 4 is 12.0 Å². The normalized spacial score (nSPS) is 15.4. The first-order valence-corrected chi connectivity index (χ1v) is 10.0. The van der Waals surface area contributed by atoms with Gasteiger partial charge in [-0.05, 0) is 71.9 Å². The number of nitrogens with one attached hydrogen (secondary N) is 1. The lowest BCUT2D eigenvalue weighted by Crippen LogP contribution is -2.24. The summed E-state index contributed by atoms with van der Waals surface area (Å²) in [5.74, 6) is -0.0554. The van der Waals surface area contributed by atoms with Crippen LogP contribution in [0.3, 0.4) is 0 Å². The summed E-state index contributed by atoms with van der Waals surface area (Å²) in [7, 11) is 0. The maximum absolute atomic E-state index is 12.3. The lowest BCUT2D eigenvalue weighted by Gasteiger charge is -2.19. The fourth-order valence-corrected chi connectivity index (χ4v) is 3.63. The van der Waals surface area contributed by atoms with Gasteiger partial charge in [0, 0.05) is 6.08 Å². The fourth-order valence-electron chi connectivity index (χ4n) is 3.63. The second-order valence-electron chi connectivity index (χ2n) is 8.67. The molecule has 0 aliphatic heterocycles. The molecule has 0 fully saturated rings. The molecule has 1 atom stereocenters. The Balaban J connectivity index is 1.60. The van der Waals surface area contributed by atoms with Gasteiger partial charge in [0.05, 0.1) is 6.04 Å². The number of carbonyl (C=O) groups is 1. The third kappa shape index (κ3) is 5.09. The van der Waals surface area contributed by atoms with E-state index in [1.54, 1.807) is 6.08 Å². The predicted molar refractivity (Wildman–Crippen MR) is 114 cm³/mol. The van der Waals surface area contributed by atoms with Crippen LogP contribution in [0, 0.1) is 0 Å². The van der Waals surface area contributed by atoms with Gasteiger partial charge in [0.2, 0.25) is 5.91 Å². The van der Waals surface area contributed by atoms with E-state index in [1.807, 2.05) is 6.08 Å². The molecule has 0 unspecified atom stereocenters. The molecule has 27 heavy (non-hydrogen) atoms. The zero-order valence-electron chi connectivity index (χ0n) is 17.0. The van der Waals surface area contributed by atoms with Gasteiger partial charge >= 0.3 is 0 Å². The maximum Gasteiger partial charge on any atom is 0.244 e. The van der Waals surface area contributed by atoms with Gasteiger partial charge in [0.15, 0.2) is 0 Å². The summed E-state index contributed by atoms with van der Waals surface area (Å²) in [6, 6.07) is 15.1. The maximum atomic E-state index is 12.3. The lowest BCUT2D eigenvalue weighted by atomic mass is 9.87. The van der Waals surface area contributed by atoms with E-state index in [4.69, 9.17) is 0 Å². The van der Waals surface area contributed by atoms with Crippen LogP contribution >= 0.6 is 0 Å². The minimum absolute atomic E-state index is 0.0117. The van der Waals surface area contributed by atoms with Gasteiger partial charge in [0.1, 0.15) is 0 Å². The second-order valence-corrected chi connectivity index (χ2v) is 8.67. The molecule has 2 nitrogen and oxygen atoms in total. The molecule has 1 aliphatic carbocycles. The van der Waals surface area contributed by atoms with Crippen molar-refractivity contribution < 1.29 is 4.79 Å². The zero-order valence-corrected chi connectivity index (χ0v) is 17.0. The number of hydrogen-bond acceptors (Lipinski definition) is 1. The monoisotopic (exact) mass is 361 g/mol. The van der Waals surface area contributed by atoms with Crippen LogP contribution in [0.1, 0.15) is 74.4 Å². The van der Waals surface area contributed by atoms with Crippen molar-refractivity contribution in [2.45, 2.75) is 64.8 Å². The van der Waals surface area contributed by atoms with Gasteiger partial charge in [0.25, 0.3) is 0 Å². The van der Waals surface area contributed by atoms with Crippen LogP contribution in [0.5, 0.6) is 0 Å². The summed E-state index contributed by atoms with van der Waals surface area (Å²) >= 11 is 0. The van der Waals surface area contributed by atoms with Crippen LogP contribution in [-0.2, 0) is 23.1 Å². The third-order valence-corrected chi connectivity index (χ3v) is 5.44. The number of aryl methyl sites for hydroxylation is 2. The number of hydrogen-bond donors (Lipinski definition) is 1. The Labute approximate surface area is 163 Å². The Kier molecular flexibility index (Phi) is 5.84. The molecule has 0 saturated carbocycles. The molecule has 2 heteroatoms. The highest BCUT2D eigenvalue weighted by Crippen LogP contribution is 2.25. The molecule has 1 N–H and O–H groups in total.